The average Bonchev–Trinajstić information content (AvgIpc) is 2.55. The van der Waals surface area contributed by atoms with E-state index in [2.05, 4.69) is 5.32 Å². The van der Waals surface area contributed by atoms with Crippen molar-refractivity contribution in [3.63, 3.8) is 0 Å². The van der Waals surface area contributed by atoms with Crippen molar-refractivity contribution in [1.82, 2.24) is 10.2 Å². The summed E-state index contributed by atoms with van der Waals surface area (Å²) in [4.78, 5) is 13.7. The fourth-order valence-electron chi connectivity index (χ4n) is 2.02. The van der Waals surface area contributed by atoms with Gasteiger partial charge in [-0.2, -0.15) is 0 Å². The predicted octanol–water partition coefficient (Wildman–Crippen LogP) is 1.67. The topological polar surface area (TPSA) is 41.6 Å². The van der Waals surface area contributed by atoms with Gasteiger partial charge in [0.1, 0.15) is 5.75 Å². The van der Waals surface area contributed by atoms with E-state index in [-0.39, 0.29) is 5.91 Å². The molecule has 0 atom stereocenters. The van der Waals surface area contributed by atoms with E-state index in [4.69, 9.17) is 16.3 Å². The van der Waals surface area contributed by atoms with E-state index >= 15 is 0 Å². The summed E-state index contributed by atoms with van der Waals surface area (Å²) >= 11 is 6.08. The van der Waals surface area contributed by atoms with E-state index in [9.17, 15) is 4.79 Å². The van der Waals surface area contributed by atoms with Gasteiger partial charge in [-0.3, -0.25) is 4.79 Å². The highest BCUT2D eigenvalue weighted by atomic mass is 35.5. The molecule has 1 saturated heterocycles. The summed E-state index contributed by atoms with van der Waals surface area (Å²) in [6.45, 7) is 2.70. The van der Waals surface area contributed by atoms with Crippen LogP contribution in [0.3, 0.4) is 0 Å². The fraction of sp³-hybridized carbons (Fsp3) is 0.462. The predicted molar refractivity (Wildman–Crippen MR) is 70.9 cm³/mol. The third kappa shape index (κ3) is 3.15. The second-order valence-electron chi connectivity index (χ2n) is 4.31. The first-order chi connectivity index (χ1) is 8.70. The van der Waals surface area contributed by atoms with Gasteiger partial charge in [0.15, 0.2) is 0 Å². The maximum atomic E-state index is 11.8. The molecule has 1 N–H and O–H groups in total. The molecule has 1 aliphatic rings. The Morgan fingerprint density at radius 3 is 3.06 bits per heavy atom. The number of halogens is 1. The summed E-state index contributed by atoms with van der Waals surface area (Å²) in [7, 11) is 1.59. The first-order valence-corrected chi connectivity index (χ1v) is 6.39. The molecule has 1 heterocycles. The summed E-state index contributed by atoms with van der Waals surface area (Å²) in [6.07, 6.45) is 0.982. The molecule has 1 aliphatic heterocycles. The highest BCUT2D eigenvalue weighted by Crippen LogP contribution is 2.25. The number of benzene rings is 1. The molecule has 0 unspecified atom stereocenters. The van der Waals surface area contributed by atoms with E-state index < -0.39 is 0 Å². The van der Waals surface area contributed by atoms with Crippen molar-refractivity contribution < 1.29 is 9.53 Å². The Hall–Kier alpha value is -1.26. The van der Waals surface area contributed by atoms with E-state index in [1.165, 1.54) is 0 Å². The standard InChI is InChI=1S/C13H17ClN2O2/c1-18-12-4-3-10(7-11(12)14)9-16-6-2-5-15-8-13(16)17/h3-4,7,15H,2,5-6,8-9H2,1H3. The first-order valence-electron chi connectivity index (χ1n) is 6.01. The summed E-state index contributed by atoms with van der Waals surface area (Å²) in [5, 5.41) is 3.68. The van der Waals surface area contributed by atoms with Crippen LogP contribution in [0.5, 0.6) is 5.75 Å². The van der Waals surface area contributed by atoms with Crippen molar-refractivity contribution in [2.75, 3.05) is 26.7 Å². The highest BCUT2D eigenvalue weighted by Gasteiger charge is 2.16. The Balaban J connectivity index is 2.08. The number of nitrogens with one attached hydrogen (secondary N) is 1. The lowest BCUT2D eigenvalue weighted by Gasteiger charge is -2.20. The number of nitrogens with zero attached hydrogens (tertiary/aromatic N) is 1. The summed E-state index contributed by atoms with van der Waals surface area (Å²) in [5.41, 5.74) is 1.02. The van der Waals surface area contributed by atoms with Gasteiger partial charge in [-0.25, -0.2) is 0 Å². The third-order valence-corrected chi connectivity index (χ3v) is 3.30. The Kier molecular flexibility index (Phi) is 4.44. The van der Waals surface area contributed by atoms with E-state index in [1.807, 2.05) is 23.1 Å². The lowest BCUT2D eigenvalue weighted by atomic mass is 10.2. The molecule has 1 fully saturated rings. The lowest BCUT2D eigenvalue weighted by molar-refractivity contribution is -0.130. The van der Waals surface area contributed by atoms with Crippen molar-refractivity contribution in [2.24, 2.45) is 0 Å². The number of carbonyl (C=O) groups excluding carboxylic acids is 1. The second kappa shape index (κ2) is 6.07. The molecule has 1 amide bonds. The van der Waals surface area contributed by atoms with Gasteiger partial charge >= 0.3 is 0 Å². The van der Waals surface area contributed by atoms with Crippen LogP contribution in [0.1, 0.15) is 12.0 Å². The van der Waals surface area contributed by atoms with Gasteiger partial charge in [0.25, 0.3) is 0 Å². The Morgan fingerprint density at radius 1 is 1.50 bits per heavy atom. The van der Waals surface area contributed by atoms with Gasteiger partial charge in [-0.1, -0.05) is 17.7 Å². The van der Waals surface area contributed by atoms with Crippen LogP contribution in [0.25, 0.3) is 0 Å². The number of hydrogen-bond donors (Lipinski definition) is 1. The van der Waals surface area contributed by atoms with Gasteiger partial charge < -0.3 is 15.0 Å². The Morgan fingerprint density at radius 2 is 2.33 bits per heavy atom. The zero-order valence-electron chi connectivity index (χ0n) is 10.4. The Labute approximate surface area is 112 Å². The van der Waals surface area contributed by atoms with Crippen molar-refractivity contribution in [1.29, 1.82) is 0 Å². The molecule has 0 saturated carbocycles. The molecule has 1 aromatic rings. The first kappa shape index (κ1) is 13.2. The quantitative estimate of drug-likeness (QED) is 0.907. The molecule has 1 aromatic carbocycles. The van der Waals surface area contributed by atoms with Crippen LogP contribution in [0, 0.1) is 0 Å². The monoisotopic (exact) mass is 268 g/mol. The van der Waals surface area contributed by atoms with E-state index in [1.54, 1.807) is 7.11 Å². The highest BCUT2D eigenvalue weighted by molar-refractivity contribution is 6.32. The number of carbonyl (C=O) groups is 1. The molecule has 0 aromatic heterocycles. The minimum absolute atomic E-state index is 0.138. The largest absolute Gasteiger partial charge is 0.495 e. The normalized spacial score (nSPS) is 16.6. The van der Waals surface area contributed by atoms with Crippen LogP contribution in [-0.4, -0.2) is 37.6 Å². The molecule has 0 radical (unpaired) electrons. The van der Waals surface area contributed by atoms with E-state index in [0.717, 1.165) is 25.1 Å². The van der Waals surface area contributed by atoms with Gasteiger partial charge in [-0.15, -0.1) is 0 Å². The number of rotatable bonds is 3. The van der Waals surface area contributed by atoms with Gasteiger partial charge in [0, 0.05) is 13.1 Å². The molecule has 0 spiro atoms. The second-order valence-corrected chi connectivity index (χ2v) is 4.72. The van der Waals surface area contributed by atoms with Crippen LogP contribution in [0.2, 0.25) is 5.02 Å². The number of amides is 1. The molecular weight excluding hydrogens is 252 g/mol. The molecule has 2 rings (SSSR count). The summed E-state index contributed by atoms with van der Waals surface area (Å²) < 4.78 is 5.11. The van der Waals surface area contributed by atoms with Crippen molar-refractivity contribution in [3.8, 4) is 5.75 Å². The number of methoxy groups -OCH3 is 1. The van der Waals surface area contributed by atoms with Gasteiger partial charge in [0.05, 0.1) is 18.7 Å². The minimum Gasteiger partial charge on any atom is -0.495 e. The van der Waals surface area contributed by atoms with Crippen molar-refractivity contribution in [3.05, 3.63) is 28.8 Å². The van der Waals surface area contributed by atoms with Crippen LogP contribution in [0.4, 0.5) is 0 Å². The average molecular weight is 269 g/mol. The fourth-order valence-corrected chi connectivity index (χ4v) is 2.30. The molecule has 5 heteroatoms. The molecular formula is C13H17ClN2O2. The zero-order valence-corrected chi connectivity index (χ0v) is 11.2. The third-order valence-electron chi connectivity index (χ3n) is 3.00. The van der Waals surface area contributed by atoms with Crippen LogP contribution < -0.4 is 10.1 Å². The SMILES string of the molecule is COc1ccc(CN2CCCNCC2=O)cc1Cl. The van der Waals surface area contributed by atoms with E-state index in [0.29, 0.717) is 23.9 Å². The minimum atomic E-state index is 0.138. The molecule has 4 nitrogen and oxygen atoms in total. The number of ether oxygens (including phenoxy) is 1. The van der Waals surface area contributed by atoms with Crippen LogP contribution in [-0.2, 0) is 11.3 Å². The zero-order chi connectivity index (χ0) is 13.0. The van der Waals surface area contributed by atoms with Crippen molar-refractivity contribution >= 4 is 17.5 Å². The summed E-state index contributed by atoms with van der Waals surface area (Å²) in [6, 6.07) is 5.63. The number of hydrogen-bond acceptors (Lipinski definition) is 3. The van der Waals surface area contributed by atoms with Crippen molar-refractivity contribution in [2.45, 2.75) is 13.0 Å². The lowest BCUT2D eigenvalue weighted by Crippen LogP contribution is -2.34. The van der Waals surface area contributed by atoms with Crippen LogP contribution >= 0.6 is 11.6 Å². The molecule has 0 bridgehead atoms. The Bertz CT molecular complexity index is 437. The summed E-state index contributed by atoms with van der Waals surface area (Å²) in [5.74, 6) is 0.795. The molecule has 0 aliphatic carbocycles. The van der Waals surface area contributed by atoms with Gasteiger partial charge in [0.2, 0.25) is 5.91 Å². The molecule has 18 heavy (non-hydrogen) atoms. The maximum Gasteiger partial charge on any atom is 0.236 e. The molecule has 98 valence electrons. The van der Waals surface area contributed by atoms with Gasteiger partial charge in [-0.05, 0) is 30.7 Å². The maximum absolute atomic E-state index is 11.8. The van der Waals surface area contributed by atoms with Crippen LogP contribution in [0.15, 0.2) is 18.2 Å². The smallest absolute Gasteiger partial charge is 0.236 e.